The number of thioether (sulfide) groups is 1. The summed E-state index contributed by atoms with van der Waals surface area (Å²) in [5, 5.41) is 9.08. The van der Waals surface area contributed by atoms with Gasteiger partial charge < -0.3 is 14.4 Å². The largest absolute Gasteiger partial charge is 0.480 e. The number of aliphatic carboxylic acids is 1. The van der Waals surface area contributed by atoms with Gasteiger partial charge in [0.1, 0.15) is 17.2 Å². The van der Waals surface area contributed by atoms with E-state index in [0.29, 0.717) is 23.9 Å². The summed E-state index contributed by atoms with van der Waals surface area (Å²) in [6.07, 6.45) is 7.78. The van der Waals surface area contributed by atoms with Crippen LogP contribution in [0.1, 0.15) is 49.7 Å². The summed E-state index contributed by atoms with van der Waals surface area (Å²) in [6, 6.07) is 2.82. The molecule has 1 N–H and O–H groups in total. The van der Waals surface area contributed by atoms with Gasteiger partial charge in [0.2, 0.25) is 5.91 Å². The summed E-state index contributed by atoms with van der Waals surface area (Å²) in [4.78, 5) is 25.6. The molecular weight excluding hydrogens is 302 g/mol. The van der Waals surface area contributed by atoms with Crippen LogP contribution in [0.15, 0.2) is 22.8 Å². The summed E-state index contributed by atoms with van der Waals surface area (Å²) < 4.78 is 5.40. The van der Waals surface area contributed by atoms with Crippen molar-refractivity contribution in [1.29, 1.82) is 0 Å². The summed E-state index contributed by atoms with van der Waals surface area (Å²) in [5.41, 5.74) is 0. The van der Waals surface area contributed by atoms with Crippen molar-refractivity contribution in [3.05, 3.63) is 24.2 Å². The number of nitrogens with zero attached hydrogens (tertiary/aromatic N) is 1. The van der Waals surface area contributed by atoms with E-state index in [4.69, 9.17) is 4.42 Å². The van der Waals surface area contributed by atoms with Crippen molar-refractivity contribution in [2.24, 2.45) is 5.92 Å². The van der Waals surface area contributed by atoms with E-state index in [2.05, 4.69) is 0 Å². The van der Waals surface area contributed by atoms with Crippen LogP contribution < -0.4 is 0 Å². The molecule has 2 unspecified atom stereocenters. The van der Waals surface area contributed by atoms with Crippen molar-refractivity contribution < 1.29 is 19.1 Å². The fraction of sp³-hybridized carbons (Fsp3) is 0.625. The van der Waals surface area contributed by atoms with Gasteiger partial charge in [-0.25, -0.2) is 4.79 Å². The minimum Gasteiger partial charge on any atom is -0.480 e. The van der Waals surface area contributed by atoms with E-state index in [1.807, 2.05) is 0 Å². The smallest absolute Gasteiger partial charge is 0.327 e. The molecule has 1 amide bonds. The highest BCUT2D eigenvalue weighted by atomic mass is 32.2. The Kier molecular flexibility index (Phi) is 4.76. The predicted octanol–water partition coefficient (Wildman–Crippen LogP) is 3.28. The lowest BCUT2D eigenvalue weighted by molar-refractivity contribution is -0.149. The lowest BCUT2D eigenvalue weighted by atomic mass is 10.0. The van der Waals surface area contributed by atoms with Crippen LogP contribution in [0.4, 0.5) is 0 Å². The molecule has 2 atom stereocenters. The lowest BCUT2D eigenvalue weighted by Gasteiger charge is -2.26. The number of carboxylic acid groups (broad SMARTS) is 1. The van der Waals surface area contributed by atoms with Crippen LogP contribution in [-0.2, 0) is 9.59 Å². The average Bonchev–Trinajstić information content (AvgIpc) is 3.23. The lowest BCUT2D eigenvalue weighted by Crippen LogP contribution is -2.42. The first-order valence-corrected chi connectivity index (χ1v) is 8.90. The Morgan fingerprint density at radius 2 is 2.14 bits per heavy atom. The summed E-state index contributed by atoms with van der Waals surface area (Å²) >= 11 is 1.46. The Morgan fingerprint density at radius 3 is 2.77 bits per heavy atom. The maximum absolute atomic E-state index is 12.6. The van der Waals surface area contributed by atoms with Gasteiger partial charge in [0, 0.05) is 12.2 Å². The fourth-order valence-corrected chi connectivity index (χ4v) is 4.80. The molecule has 0 bridgehead atoms. The zero-order valence-corrected chi connectivity index (χ0v) is 13.3. The Morgan fingerprint density at radius 1 is 1.36 bits per heavy atom. The van der Waals surface area contributed by atoms with Gasteiger partial charge in [-0.15, -0.1) is 11.8 Å². The standard InChI is InChI=1S/C16H21NO4S/c18-14(8-7-11-4-1-2-5-11)17-12(16(19)20)10-22-15(17)13-6-3-9-21-13/h3,6,9,11-12,15H,1-2,4-5,7-8,10H2,(H,19,20). The van der Waals surface area contributed by atoms with Gasteiger partial charge in [0.25, 0.3) is 0 Å². The van der Waals surface area contributed by atoms with Crippen molar-refractivity contribution in [2.75, 3.05) is 5.75 Å². The number of rotatable bonds is 5. The topological polar surface area (TPSA) is 70.8 Å². The average molecular weight is 323 g/mol. The molecular formula is C16H21NO4S. The molecule has 3 rings (SSSR count). The van der Waals surface area contributed by atoms with Crippen LogP contribution >= 0.6 is 11.8 Å². The van der Waals surface area contributed by atoms with Crippen LogP contribution in [0.5, 0.6) is 0 Å². The SMILES string of the molecule is O=C(O)C1CSC(c2ccco2)N1C(=O)CCC1CCCC1. The molecule has 1 aliphatic heterocycles. The quantitative estimate of drug-likeness (QED) is 0.900. The molecule has 1 aliphatic carbocycles. The number of amides is 1. The first-order chi connectivity index (χ1) is 10.7. The zero-order valence-electron chi connectivity index (χ0n) is 12.4. The van der Waals surface area contributed by atoms with E-state index in [-0.39, 0.29) is 11.3 Å². The van der Waals surface area contributed by atoms with Gasteiger partial charge >= 0.3 is 5.97 Å². The normalized spacial score (nSPS) is 25.7. The zero-order chi connectivity index (χ0) is 15.5. The predicted molar refractivity (Wildman–Crippen MR) is 83.4 cm³/mol. The fourth-order valence-electron chi connectivity index (χ4n) is 3.41. The summed E-state index contributed by atoms with van der Waals surface area (Å²) in [6.45, 7) is 0. The maximum atomic E-state index is 12.6. The second kappa shape index (κ2) is 6.77. The van der Waals surface area contributed by atoms with Crippen LogP contribution in [0.25, 0.3) is 0 Å². The molecule has 1 aromatic heterocycles. The maximum Gasteiger partial charge on any atom is 0.327 e. The third kappa shape index (κ3) is 3.16. The number of carbonyl (C=O) groups is 2. The van der Waals surface area contributed by atoms with E-state index in [1.54, 1.807) is 18.4 Å². The summed E-state index contributed by atoms with van der Waals surface area (Å²) in [7, 11) is 0. The molecule has 22 heavy (non-hydrogen) atoms. The van der Waals surface area contributed by atoms with Crippen molar-refractivity contribution in [3.8, 4) is 0 Å². The first-order valence-electron chi connectivity index (χ1n) is 7.86. The molecule has 5 nitrogen and oxygen atoms in total. The molecule has 0 radical (unpaired) electrons. The molecule has 1 aromatic rings. The van der Waals surface area contributed by atoms with Gasteiger partial charge in [0.05, 0.1) is 6.26 Å². The Bertz CT molecular complexity index is 524. The Hall–Kier alpha value is -1.43. The Balaban J connectivity index is 1.69. The van der Waals surface area contributed by atoms with Crippen LogP contribution in [-0.4, -0.2) is 33.7 Å². The van der Waals surface area contributed by atoms with E-state index in [0.717, 1.165) is 6.42 Å². The molecule has 120 valence electrons. The minimum atomic E-state index is -0.934. The molecule has 6 heteroatoms. The highest BCUT2D eigenvalue weighted by Crippen LogP contribution is 2.42. The highest BCUT2D eigenvalue weighted by Gasteiger charge is 2.43. The molecule has 1 saturated carbocycles. The molecule has 2 heterocycles. The number of hydrogen-bond donors (Lipinski definition) is 1. The second-order valence-electron chi connectivity index (χ2n) is 6.05. The third-order valence-corrected chi connectivity index (χ3v) is 5.88. The molecule has 1 saturated heterocycles. The number of carbonyl (C=O) groups excluding carboxylic acids is 1. The highest BCUT2D eigenvalue weighted by molar-refractivity contribution is 7.99. The molecule has 2 aliphatic rings. The Labute approximate surface area is 134 Å². The van der Waals surface area contributed by atoms with Gasteiger partial charge in [-0.2, -0.15) is 0 Å². The third-order valence-electron chi connectivity index (χ3n) is 4.60. The summed E-state index contributed by atoms with van der Waals surface area (Å²) in [5.74, 6) is 0.699. The minimum absolute atomic E-state index is 0.0642. The van der Waals surface area contributed by atoms with Crippen molar-refractivity contribution in [3.63, 3.8) is 0 Å². The van der Waals surface area contributed by atoms with E-state index in [9.17, 15) is 14.7 Å². The number of furan rings is 1. The molecule has 0 aromatic carbocycles. The van der Waals surface area contributed by atoms with Gasteiger partial charge in [-0.05, 0) is 24.5 Å². The van der Waals surface area contributed by atoms with Gasteiger partial charge in [-0.3, -0.25) is 4.79 Å². The van der Waals surface area contributed by atoms with Crippen LogP contribution in [0, 0.1) is 5.92 Å². The van der Waals surface area contributed by atoms with Gasteiger partial charge in [0.15, 0.2) is 0 Å². The van der Waals surface area contributed by atoms with Crippen LogP contribution in [0.2, 0.25) is 0 Å². The first kappa shape index (κ1) is 15.5. The number of carboxylic acids is 1. The van der Waals surface area contributed by atoms with E-state index in [1.165, 1.54) is 42.3 Å². The van der Waals surface area contributed by atoms with Crippen molar-refractivity contribution >= 4 is 23.6 Å². The van der Waals surface area contributed by atoms with Crippen molar-refractivity contribution in [1.82, 2.24) is 4.90 Å². The number of hydrogen-bond acceptors (Lipinski definition) is 4. The van der Waals surface area contributed by atoms with Crippen LogP contribution in [0.3, 0.4) is 0 Å². The van der Waals surface area contributed by atoms with E-state index < -0.39 is 12.0 Å². The van der Waals surface area contributed by atoms with Gasteiger partial charge in [-0.1, -0.05) is 25.7 Å². The monoisotopic (exact) mass is 323 g/mol. The second-order valence-corrected chi connectivity index (χ2v) is 7.16. The molecule has 0 spiro atoms. The van der Waals surface area contributed by atoms with E-state index >= 15 is 0 Å². The molecule has 2 fully saturated rings. The van der Waals surface area contributed by atoms with Crippen molar-refractivity contribution in [2.45, 2.75) is 49.9 Å².